The Morgan fingerprint density at radius 1 is 1.16 bits per heavy atom. The smallest absolute Gasteiger partial charge is 0.294 e. The normalized spacial score (nSPS) is 13.9. The summed E-state index contributed by atoms with van der Waals surface area (Å²) < 4.78 is 81.3. The summed E-state index contributed by atoms with van der Waals surface area (Å²) in [5, 5.41) is 20.0. The van der Waals surface area contributed by atoms with Crippen molar-refractivity contribution in [3.05, 3.63) is 74.6 Å². The molecule has 164 valence electrons. The van der Waals surface area contributed by atoms with Gasteiger partial charge in [-0.3, -0.25) is 19.9 Å². The Kier molecular flexibility index (Phi) is 6.39. The Bertz CT molecular complexity index is 1060. The van der Waals surface area contributed by atoms with Crippen molar-refractivity contribution >= 4 is 5.78 Å². The molecule has 0 saturated carbocycles. The zero-order valence-electron chi connectivity index (χ0n) is 15.7. The third kappa shape index (κ3) is 4.99. The first-order chi connectivity index (χ1) is 14.2. The van der Waals surface area contributed by atoms with Gasteiger partial charge in [-0.15, -0.1) is 0 Å². The standard InChI is InChI=1S/C19H13F6N3O3/c1-11-6-12(2-3-13(11)9-26)15(29)8-17(10-28(30)31,19(23,24)25)14-4-5-27-16(7-14)18(20,21)22/h2-7H,8,10H2,1H3. The van der Waals surface area contributed by atoms with Crippen molar-refractivity contribution in [1.29, 1.82) is 5.26 Å². The molecule has 0 spiro atoms. The van der Waals surface area contributed by atoms with E-state index in [-0.39, 0.29) is 22.8 Å². The minimum absolute atomic E-state index is 0.0638. The number of rotatable bonds is 6. The number of benzene rings is 1. The summed E-state index contributed by atoms with van der Waals surface area (Å²) in [5.74, 6) is -1.18. The molecule has 0 amide bonds. The van der Waals surface area contributed by atoms with Gasteiger partial charge in [0.1, 0.15) is 5.69 Å². The highest BCUT2D eigenvalue weighted by Crippen LogP contribution is 2.45. The Hall–Kier alpha value is -3.49. The lowest BCUT2D eigenvalue weighted by Gasteiger charge is -2.32. The van der Waals surface area contributed by atoms with Gasteiger partial charge < -0.3 is 0 Å². The van der Waals surface area contributed by atoms with E-state index >= 15 is 0 Å². The van der Waals surface area contributed by atoms with Gasteiger partial charge in [0.25, 0.3) is 0 Å². The van der Waals surface area contributed by atoms with E-state index in [2.05, 4.69) is 4.98 Å². The Labute approximate surface area is 171 Å². The van der Waals surface area contributed by atoms with E-state index in [4.69, 9.17) is 5.26 Å². The van der Waals surface area contributed by atoms with Crippen LogP contribution in [0, 0.1) is 28.4 Å². The maximum absolute atomic E-state index is 14.1. The number of aromatic nitrogens is 1. The lowest BCUT2D eigenvalue weighted by Crippen LogP contribution is -2.49. The molecule has 1 atom stereocenters. The minimum atomic E-state index is -5.44. The average molecular weight is 445 g/mol. The SMILES string of the molecule is Cc1cc(C(=O)CC(C[N+](=O)[O-])(c2ccnc(C(F)(F)F)c2)C(F)(F)F)ccc1C#N. The van der Waals surface area contributed by atoms with E-state index in [9.17, 15) is 41.3 Å². The average Bonchev–Trinajstić information content (AvgIpc) is 2.65. The zero-order chi connectivity index (χ0) is 23.6. The van der Waals surface area contributed by atoms with Gasteiger partial charge in [0.05, 0.1) is 11.6 Å². The molecule has 0 radical (unpaired) electrons. The number of halogens is 6. The van der Waals surface area contributed by atoms with Crippen LogP contribution in [0.1, 0.15) is 39.2 Å². The lowest BCUT2D eigenvalue weighted by atomic mass is 9.74. The van der Waals surface area contributed by atoms with Crippen molar-refractivity contribution in [3.8, 4) is 6.07 Å². The van der Waals surface area contributed by atoms with Gasteiger partial charge >= 0.3 is 12.4 Å². The third-order valence-corrected chi connectivity index (χ3v) is 4.68. The molecule has 0 aliphatic carbocycles. The van der Waals surface area contributed by atoms with Crippen LogP contribution in [0.4, 0.5) is 26.3 Å². The van der Waals surface area contributed by atoms with Gasteiger partial charge in [0.15, 0.2) is 11.2 Å². The highest BCUT2D eigenvalue weighted by molar-refractivity contribution is 5.97. The largest absolute Gasteiger partial charge is 0.433 e. The number of carbonyl (C=O) groups excluding carboxylic acids is 1. The van der Waals surface area contributed by atoms with Crippen molar-refractivity contribution < 1.29 is 36.1 Å². The van der Waals surface area contributed by atoms with Crippen LogP contribution < -0.4 is 0 Å². The number of pyridine rings is 1. The number of alkyl halides is 6. The van der Waals surface area contributed by atoms with Crippen molar-refractivity contribution in [2.45, 2.75) is 31.1 Å². The van der Waals surface area contributed by atoms with Gasteiger partial charge in [0, 0.05) is 23.1 Å². The fourth-order valence-electron chi connectivity index (χ4n) is 3.05. The first-order valence-electron chi connectivity index (χ1n) is 8.47. The molecule has 0 N–H and O–H groups in total. The van der Waals surface area contributed by atoms with Crippen molar-refractivity contribution in [2.24, 2.45) is 0 Å². The van der Waals surface area contributed by atoms with Crippen LogP contribution in [-0.4, -0.2) is 28.4 Å². The number of Topliss-reactive ketones (excluding diaryl/α,β-unsaturated/α-hetero) is 1. The Morgan fingerprint density at radius 3 is 2.29 bits per heavy atom. The monoisotopic (exact) mass is 445 g/mol. The summed E-state index contributed by atoms with van der Waals surface area (Å²) >= 11 is 0. The predicted molar refractivity (Wildman–Crippen MR) is 93.7 cm³/mol. The number of nitriles is 1. The Balaban J connectivity index is 2.66. The van der Waals surface area contributed by atoms with Crippen LogP contribution in [0.3, 0.4) is 0 Å². The summed E-state index contributed by atoms with van der Waals surface area (Å²) in [4.78, 5) is 25.4. The number of aryl methyl sites for hydroxylation is 1. The molecule has 1 heterocycles. The highest BCUT2D eigenvalue weighted by Gasteiger charge is 2.61. The van der Waals surface area contributed by atoms with E-state index in [1.807, 2.05) is 6.07 Å². The molecule has 0 saturated heterocycles. The molecular formula is C19H13F6N3O3. The quantitative estimate of drug-likeness (QED) is 0.280. The summed E-state index contributed by atoms with van der Waals surface area (Å²) in [6.07, 6.45) is -11.6. The molecule has 2 rings (SSSR count). The molecule has 6 nitrogen and oxygen atoms in total. The second kappa shape index (κ2) is 8.33. The van der Waals surface area contributed by atoms with Crippen molar-refractivity contribution in [1.82, 2.24) is 4.98 Å². The predicted octanol–water partition coefficient (Wildman–Crippen LogP) is 4.63. The molecule has 0 aliphatic heterocycles. The van der Waals surface area contributed by atoms with E-state index in [1.54, 1.807) is 0 Å². The second-order valence-corrected chi connectivity index (χ2v) is 6.74. The zero-order valence-corrected chi connectivity index (χ0v) is 15.7. The number of hydrogen-bond donors (Lipinski definition) is 0. The molecule has 12 heteroatoms. The summed E-state index contributed by atoms with van der Waals surface area (Å²) in [6.45, 7) is -0.430. The van der Waals surface area contributed by atoms with Gasteiger partial charge in [-0.1, -0.05) is 6.07 Å². The van der Waals surface area contributed by atoms with Crippen LogP contribution in [0.25, 0.3) is 0 Å². The summed E-state index contributed by atoms with van der Waals surface area (Å²) in [7, 11) is 0. The van der Waals surface area contributed by atoms with Crippen LogP contribution in [0.15, 0.2) is 36.5 Å². The minimum Gasteiger partial charge on any atom is -0.294 e. The van der Waals surface area contributed by atoms with Crippen LogP contribution in [0.2, 0.25) is 0 Å². The number of ketones is 1. The van der Waals surface area contributed by atoms with E-state index < -0.39 is 52.7 Å². The van der Waals surface area contributed by atoms with Gasteiger partial charge in [-0.05, 0) is 42.3 Å². The number of hydrogen-bond acceptors (Lipinski definition) is 5. The Morgan fingerprint density at radius 2 is 1.81 bits per heavy atom. The third-order valence-electron chi connectivity index (χ3n) is 4.68. The number of nitro groups is 1. The fourth-order valence-corrected chi connectivity index (χ4v) is 3.05. The van der Waals surface area contributed by atoms with Crippen molar-refractivity contribution in [2.75, 3.05) is 6.54 Å². The first kappa shape index (κ1) is 23.8. The van der Waals surface area contributed by atoms with Crippen LogP contribution >= 0.6 is 0 Å². The summed E-state index contributed by atoms with van der Waals surface area (Å²) in [6, 6.07) is 5.86. The van der Waals surface area contributed by atoms with Crippen molar-refractivity contribution in [3.63, 3.8) is 0 Å². The van der Waals surface area contributed by atoms with Gasteiger partial charge in [-0.2, -0.15) is 31.6 Å². The molecular weight excluding hydrogens is 432 g/mol. The van der Waals surface area contributed by atoms with Gasteiger partial charge in [0.2, 0.25) is 6.54 Å². The van der Waals surface area contributed by atoms with E-state index in [0.29, 0.717) is 12.3 Å². The van der Waals surface area contributed by atoms with E-state index in [0.717, 1.165) is 12.1 Å². The van der Waals surface area contributed by atoms with Crippen LogP contribution in [0.5, 0.6) is 0 Å². The van der Waals surface area contributed by atoms with Gasteiger partial charge in [-0.25, -0.2) is 0 Å². The number of carbonyl (C=O) groups is 1. The molecule has 0 fully saturated rings. The fraction of sp³-hybridized carbons (Fsp3) is 0.316. The van der Waals surface area contributed by atoms with E-state index in [1.165, 1.54) is 13.0 Å². The molecule has 31 heavy (non-hydrogen) atoms. The number of nitrogens with zero attached hydrogens (tertiary/aromatic N) is 3. The highest BCUT2D eigenvalue weighted by atomic mass is 19.4. The topological polar surface area (TPSA) is 96.9 Å². The van der Waals surface area contributed by atoms with Crippen LogP contribution in [-0.2, 0) is 11.6 Å². The molecule has 0 aliphatic rings. The maximum Gasteiger partial charge on any atom is 0.433 e. The maximum atomic E-state index is 14.1. The molecule has 1 aromatic heterocycles. The second-order valence-electron chi connectivity index (χ2n) is 6.74. The first-order valence-corrected chi connectivity index (χ1v) is 8.47. The molecule has 0 bridgehead atoms. The molecule has 1 unspecified atom stereocenters. The molecule has 2 aromatic rings. The lowest BCUT2D eigenvalue weighted by molar-refractivity contribution is -0.501. The molecule has 1 aromatic carbocycles. The summed E-state index contributed by atoms with van der Waals surface area (Å²) in [5.41, 5.74) is -6.13.